The molecule has 0 amide bonds. The number of pyridine rings is 1. The lowest BCUT2D eigenvalue weighted by molar-refractivity contribution is 0.0572. The Morgan fingerprint density at radius 1 is 0.815 bits per heavy atom. The molecule has 5 rings (SSSR count). The number of rotatable bonds is 3. The van der Waals surface area contributed by atoms with E-state index >= 15 is 0 Å². The van der Waals surface area contributed by atoms with Gasteiger partial charge in [0.25, 0.3) is 0 Å². The molecule has 0 radical (unpaired) electrons. The Bertz CT molecular complexity index is 965. The van der Waals surface area contributed by atoms with Crippen LogP contribution in [0.3, 0.4) is 0 Å². The largest absolute Gasteiger partial charge is 0.389 e. The Kier molecular flexibility index (Phi) is 3.91. The van der Waals surface area contributed by atoms with Gasteiger partial charge >= 0.3 is 0 Å². The number of fused-ring (bicyclic) bond motifs is 1. The molecule has 2 aromatic heterocycles. The zero-order chi connectivity index (χ0) is 18.4. The van der Waals surface area contributed by atoms with Crippen LogP contribution in [-0.4, -0.2) is 63.6 Å². The number of hydrogen-bond donors (Lipinski definition) is 2. The van der Waals surface area contributed by atoms with Crippen molar-refractivity contribution in [1.82, 2.24) is 15.0 Å². The average Bonchev–Trinajstić information content (AvgIpc) is 2.99. The SMILES string of the molecule is O[C@H]1CN(c2nccnc2C2CN(c3ccc4ccccc4n3)C2)C[C@@H]1O. The van der Waals surface area contributed by atoms with Gasteiger partial charge in [0, 0.05) is 49.9 Å². The molecular weight excluding hydrogens is 342 g/mol. The first kappa shape index (κ1) is 16.4. The highest BCUT2D eigenvalue weighted by atomic mass is 16.3. The molecule has 2 aliphatic heterocycles. The number of hydrogen-bond acceptors (Lipinski definition) is 7. The molecule has 0 saturated carbocycles. The van der Waals surface area contributed by atoms with E-state index in [9.17, 15) is 10.2 Å². The number of aliphatic hydroxyl groups is 2. The molecule has 4 heterocycles. The van der Waals surface area contributed by atoms with E-state index in [0.717, 1.165) is 41.3 Å². The Balaban J connectivity index is 1.35. The molecular formula is C20H21N5O2. The third-order valence-electron chi connectivity index (χ3n) is 5.44. The summed E-state index contributed by atoms with van der Waals surface area (Å²) in [6.07, 6.45) is 1.90. The van der Waals surface area contributed by atoms with E-state index in [1.54, 1.807) is 12.4 Å². The predicted molar refractivity (Wildman–Crippen MR) is 103 cm³/mol. The minimum atomic E-state index is -0.737. The van der Waals surface area contributed by atoms with Gasteiger partial charge < -0.3 is 20.0 Å². The highest BCUT2D eigenvalue weighted by Gasteiger charge is 2.36. The lowest BCUT2D eigenvalue weighted by Gasteiger charge is -2.40. The lowest BCUT2D eigenvalue weighted by atomic mass is 9.95. The van der Waals surface area contributed by atoms with E-state index in [0.29, 0.717) is 13.1 Å². The highest BCUT2D eigenvalue weighted by Crippen LogP contribution is 2.35. The van der Waals surface area contributed by atoms with Gasteiger partial charge in [-0.1, -0.05) is 18.2 Å². The Morgan fingerprint density at radius 2 is 1.56 bits per heavy atom. The van der Waals surface area contributed by atoms with Gasteiger partial charge in [-0.15, -0.1) is 0 Å². The van der Waals surface area contributed by atoms with Crippen LogP contribution in [-0.2, 0) is 0 Å². The third kappa shape index (κ3) is 2.89. The summed E-state index contributed by atoms with van der Waals surface area (Å²) in [7, 11) is 0. The van der Waals surface area contributed by atoms with E-state index < -0.39 is 12.2 Å². The zero-order valence-electron chi connectivity index (χ0n) is 14.8. The number of para-hydroxylation sites is 1. The molecule has 0 spiro atoms. The molecule has 27 heavy (non-hydrogen) atoms. The quantitative estimate of drug-likeness (QED) is 0.722. The van der Waals surface area contributed by atoms with Gasteiger partial charge in [0.1, 0.15) is 5.82 Å². The van der Waals surface area contributed by atoms with Crippen LogP contribution < -0.4 is 9.80 Å². The minimum absolute atomic E-state index is 0.261. The van der Waals surface area contributed by atoms with Gasteiger partial charge in [-0.3, -0.25) is 4.98 Å². The first-order valence-corrected chi connectivity index (χ1v) is 9.22. The number of aromatic nitrogens is 3. The molecule has 2 atom stereocenters. The average molecular weight is 363 g/mol. The molecule has 2 aliphatic rings. The van der Waals surface area contributed by atoms with Crippen LogP contribution in [0.1, 0.15) is 11.6 Å². The monoisotopic (exact) mass is 363 g/mol. The van der Waals surface area contributed by atoms with E-state index in [-0.39, 0.29) is 5.92 Å². The lowest BCUT2D eigenvalue weighted by Crippen LogP contribution is -2.46. The molecule has 2 saturated heterocycles. The van der Waals surface area contributed by atoms with Crippen LogP contribution >= 0.6 is 0 Å². The van der Waals surface area contributed by atoms with Crippen LogP contribution in [0.5, 0.6) is 0 Å². The molecule has 0 unspecified atom stereocenters. The molecule has 0 aliphatic carbocycles. The van der Waals surface area contributed by atoms with Crippen molar-refractivity contribution in [3.8, 4) is 0 Å². The standard InChI is InChI=1S/C20H21N5O2/c26-16-11-25(12-17(16)27)20-19(21-7-8-22-20)14-9-24(10-14)18-6-5-13-3-1-2-4-15(13)23-18/h1-8,14,16-17,26-27H,9-12H2/t16-,17-/m0/s1. The van der Waals surface area contributed by atoms with Crippen LogP contribution in [0.4, 0.5) is 11.6 Å². The van der Waals surface area contributed by atoms with Crippen LogP contribution in [0, 0.1) is 0 Å². The van der Waals surface area contributed by atoms with E-state index in [2.05, 4.69) is 33.1 Å². The molecule has 1 aromatic carbocycles. The molecule has 2 N–H and O–H groups in total. The summed E-state index contributed by atoms with van der Waals surface area (Å²) in [5.74, 6) is 2.00. The van der Waals surface area contributed by atoms with E-state index in [4.69, 9.17) is 4.98 Å². The Morgan fingerprint density at radius 3 is 2.37 bits per heavy atom. The summed E-state index contributed by atoms with van der Waals surface area (Å²) in [6.45, 7) is 2.43. The second kappa shape index (κ2) is 6.44. The maximum Gasteiger partial charge on any atom is 0.150 e. The fourth-order valence-electron chi connectivity index (χ4n) is 3.89. The van der Waals surface area contributed by atoms with Gasteiger partial charge in [0.2, 0.25) is 0 Å². The van der Waals surface area contributed by atoms with E-state index in [1.165, 1.54) is 0 Å². The van der Waals surface area contributed by atoms with Crippen LogP contribution in [0.15, 0.2) is 48.8 Å². The van der Waals surface area contributed by atoms with Crippen molar-refractivity contribution in [2.45, 2.75) is 18.1 Å². The number of aliphatic hydroxyl groups excluding tert-OH is 2. The van der Waals surface area contributed by atoms with Crippen molar-refractivity contribution in [3.63, 3.8) is 0 Å². The molecule has 2 fully saturated rings. The van der Waals surface area contributed by atoms with Crippen molar-refractivity contribution >= 4 is 22.5 Å². The fourth-order valence-corrected chi connectivity index (χ4v) is 3.89. The highest BCUT2D eigenvalue weighted by molar-refractivity contribution is 5.80. The summed E-state index contributed by atoms with van der Waals surface area (Å²) >= 11 is 0. The van der Waals surface area contributed by atoms with Gasteiger partial charge in [-0.25, -0.2) is 9.97 Å². The summed E-state index contributed by atoms with van der Waals surface area (Å²) in [6, 6.07) is 12.3. The van der Waals surface area contributed by atoms with Crippen molar-refractivity contribution in [1.29, 1.82) is 0 Å². The third-order valence-corrected chi connectivity index (χ3v) is 5.44. The summed E-state index contributed by atoms with van der Waals surface area (Å²) in [5.41, 5.74) is 1.93. The predicted octanol–water partition coefficient (Wildman–Crippen LogP) is 1.17. The van der Waals surface area contributed by atoms with Gasteiger partial charge in [-0.05, 0) is 18.2 Å². The summed E-state index contributed by atoms with van der Waals surface area (Å²) in [4.78, 5) is 18.0. The van der Waals surface area contributed by atoms with Gasteiger partial charge in [0.15, 0.2) is 5.82 Å². The first-order chi connectivity index (χ1) is 13.2. The molecule has 3 aromatic rings. The second-order valence-corrected chi connectivity index (χ2v) is 7.27. The maximum atomic E-state index is 9.85. The Hall–Kier alpha value is -2.77. The molecule has 138 valence electrons. The molecule has 7 nitrogen and oxygen atoms in total. The van der Waals surface area contributed by atoms with Crippen LogP contribution in [0.25, 0.3) is 10.9 Å². The second-order valence-electron chi connectivity index (χ2n) is 7.27. The normalized spacial score (nSPS) is 23.0. The smallest absolute Gasteiger partial charge is 0.150 e. The van der Waals surface area contributed by atoms with Crippen molar-refractivity contribution in [3.05, 3.63) is 54.5 Å². The topological polar surface area (TPSA) is 85.6 Å². The molecule has 7 heteroatoms. The maximum absolute atomic E-state index is 9.85. The van der Waals surface area contributed by atoms with Crippen molar-refractivity contribution in [2.24, 2.45) is 0 Å². The van der Waals surface area contributed by atoms with Crippen molar-refractivity contribution in [2.75, 3.05) is 36.0 Å². The van der Waals surface area contributed by atoms with Gasteiger partial charge in [-0.2, -0.15) is 0 Å². The summed E-state index contributed by atoms with van der Waals surface area (Å²) < 4.78 is 0. The van der Waals surface area contributed by atoms with Gasteiger partial charge in [0.05, 0.1) is 23.4 Å². The minimum Gasteiger partial charge on any atom is -0.389 e. The number of anilines is 2. The first-order valence-electron chi connectivity index (χ1n) is 9.22. The Labute approximate surface area is 156 Å². The zero-order valence-corrected chi connectivity index (χ0v) is 14.8. The molecule has 0 bridgehead atoms. The number of nitrogens with zero attached hydrogens (tertiary/aromatic N) is 5. The summed E-state index contributed by atoms with van der Waals surface area (Å²) in [5, 5.41) is 20.8. The number of benzene rings is 1. The van der Waals surface area contributed by atoms with Crippen LogP contribution in [0.2, 0.25) is 0 Å². The fraction of sp³-hybridized carbons (Fsp3) is 0.350. The number of β-amino-alcohol motifs (C(OH)–C–C–N with tert-alkyl or cyclic N) is 2. The van der Waals surface area contributed by atoms with Crippen molar-refractivity contribution < 1.29 is 10.2 Å². The van der Waals surface area contributed by atoms with E-state index in [1.807, 2.05) is 23.1 Å².